The average Bonchev–Trinajstić information content (AvgIpc) is 2.65. The normalized spacial score (nSPS) is 16.0. The Bertz CT molecular complexity index is 448. The van der Waals surface area contributed by atoms with Crippen LogP contribution in [0.1, 0.15) is 26.1 Å². The highest BCUT2D eigenvalue weighted by Crippen LogP contribution is 2.13. The monoisotopic (exact) mass is 246 g/mol. The van der Waals surface area contributed by atoms with Crippen LogP contribution in [0.5, 0.6) is 0 Å². The highest BCUT2D eigenvalue weighted by atomic mass is 32.2. The maximum atomic E-state index is 11.9. The van der Waals surface area contributed by atoms with Crippen LogP contribution in [0, 0.1) is 6.92 Å². The van der Waals surface area contributed by atoms with Gasteiger partial charge in [-0.3, -0.25) is 0 Å². The fourth-order valence-corrected chi connectivity index (χ4v) is 2.63. The van der Waals surface area contributed by atoms with Gasteiger partial charge in [0.25, 0.3) is 10.0 Å². The van der Waals surface area contributed by atoms with Crippen LogP contribution in [0.3, 0.4) is 0 Å². The molecule has 0 aliphatic carbocycles. The first-order valence-electron chi connectivity index (χ1n) is 5.08. The second-order valence-electron chi connectivity index (χ2n) is 4.06. The van der Waals surface area contributed by atoms with Gasteiger partial charge >= 0.3 is 0 Å². The number of aromatic nitrogens is 2. The van der Waals surface area contributed by atoms with E-state index in [4.69, 9.17) is 5.73 Å². The molecule has 0 spiro atoms. The number of H-pyrrole nitrogens is 1. The van der Waals surface area contributed by atoms with E-state index in [0.29, 0.717) is 12.2 Å². The molecule has 1 unspecified atom stereocenters. The van der Waals surface area contributed by atoms with Crippen LogP contribution in [0.4, 0.5) is 0 Å². The van der Waals surface area contributed by atoms with Crippen LogP contribution in [0.15, 0.2) is 11.2 Å². The van der Waals surface area contributed by atoms with Gasteiger partial charge in [-0.25, -0.2) is 18.1 Å². The fraction of sp³-hybridized carbons (Fsp3) is 0.667. The van der Waals surface area contributed by atoms with Crippen LogP contribution in [-0.4, -0.2) is 30.5 Å². The summed E-state index contributed by atoms with van der Waals surface area (Å²) in [6.07, 6.45) is 1.92. The van der Waals surface area contributed by atoms with Crippen molar-refractivity contribution in [2.24, 2.45) is 5.73 Å². The third-order valence-electron chi connectivity index (χ3n) is 2.58. The minimum absolute atomic E-state index is 0.0677. The average molecular weight is 246 g/mol. The molecule has 16 heavy (non-hydrogen) atoms. The zero-order valence-electron chi connectivity index (χ0n) is 9.74. The van der Waals surface area contributed by atoms with Gasteiger partial charge in [0.05, 0.1) is 6.20 Å². The molecule has 0 amide bonds. The lowest BCUT2D eigenvalue weighted by atomic mass is 10.0. The van der Waals surface area contributed by atoms with Crippen molar-refractivity contribution in [3.05, 3.63) is 12.0 Å². The van der Waals surface area contributed by atoms with Crippen LogP contribution < -0.4 is 10.5 Å². The third kappa shape index (κ3) is 2.81. The van der Waals surface area contributed by atoms with Crippen LogP contribution in [0.2, 0.25) is 0 Å². The fourth-order valence-electron chi connectivity index (χ4n) is 1.17. The second-order valence-corrected chi connectivity index (χ2v) is 5.71. The number of hydrogen-bond acceptors (Lipinski definition) is 4. The Morgan fingerprint density at radius 1 is 1.62 bits per heavy atom. The van der Waals surface area contributed by atoms with Gasteiger partial charge < -0.3 is 10.7 Å². The van der Waals surface area contributed by atoms with E-state index >= 15 is 0 Å². The van der Waals surface area contributed by atoms with E-state index in [-0.39, 0.29) is 11.6 Å². The first kappa shape index (κ1) is 13.1. The minimum Gasteiger partial charge on any atom is -0.332 e. The molecule has 0 aromatic carbocycles. The number of aromatic amines is 1. The summed E-state index contributed by atoms with van der Waals surface area (Å²) in [6.45, 7) is 5.60. The number of imidazole rings is 1. The van der Waals surface area contributed by atoms with Gasteiger partial charge in [-0.1, -0.05) is 6.92 Å². The van der Waals surface area contributed by atoms with Gasteiger partial charge in [-0.2, -0.15) is 0 Å². The second kappa shape index (κ2) is 4.52. The molecule has 6 nitrogen and oxygen atoms in total. The maximum absolute atomic E-state index is 11.9. The van der Waals surface area contributed by atoms with Crippen molar-refractivity contribution in [2.75, 3.05) is 6.54 Å². The Morgan fingerprint density at radius 2 is 2.25 bits per heavy atom. The van der Waals surface area contributed by atoms with E-state index in [1.54, 1.807) is 13.8 Å². The third-order valence-corrected chi connectivity index (χ3v) is 4.13. The summed E-state index contributed by atoms with van der Waals surface area (Å²) in [5.74, 6) is 0.561. The summed E-state index contributed by atoms with van der Waals surface area (Å²) >= 11 is 0. The van der Waals surface area contributed by atoms with Gasteiger partial charge in [-0.15, -0.1) is 0 Å². The van der Waals surface area contributed by atoms with Crippen molar-refractivity contribution in [1.82, 2.24) is 14.7 Å². The van der Waals surface area contributed by atoms with Crippen molar-refractivity contribution >= 4 is 10.0 Å². The zero-order chi connectivity index (χ0) is 12.4. The van der Waals surface area contributed by atoms with Crippen molar-refractivity contribution in [1.29, 1.82) is 0 Å². The van der Waals surface area contributed by atoms with Crippen LogP contribution in [-0.2, 0) is 10.0 Å². The molecule has 0 fully saturated rings. The van der Waals surface area contributed by atoms with Crippen LogP contribution >= 0.6 is 0 Å². The molecule has 92 valence electrons. The highest BCUT2D eigenvalue weighted by molar-refractivity contribution is 7.89. The Kier molecular flexibility index (Phi) is 3.72. The zero-order valence-corrected chi connectivity index (χ0v) is 10.6. The Balaban J connectivity index is 2.96. The van der Waals surface area contributed by atoms with Gasteiger partial charge in [-0.05, 0) is 20.3 Å². The highest BCUT2D eigenvalue weighted by Gasteiger charge is 2.28. The number of hydrogen-bond donors (Lipinski definition) is 3. The largest absolute Gasteiger partial charge is 0.332 e. The van der Waals surface area contributed by atoms with Crippen LogP contribution in [0.25, 0.3) is 0 Å². The molecule has 0 aliphatic heterocycles. The number of aryl methyl sites for hydroxylation is 1. The summed E-state index contributed by atoms with van der Waals surface area (Å²) in [7, 11) is -3.57. The predicted molar refractivity (Wildman–Crippen MR) is 61.4 cm³/mol. The molecule has 0 bridgehead atoms. The maximum Gasteiger partial charge on any atom is 0.258 e. The van der Waals surface area contributed by atoms with E-state index in [0.717, 1.165) is 0 Å². The van der Waals surface area contributed by atoms with E-state index in [2.05, 4.69) is 14.7 Å². The summed E-state index contributed by atoms with van der Waals surface area (Å²) in [6, 6.07) is 0. The van der Waals surface area contributed by atoms with E-state index in [1.165, 1.54) is 6.20 Å². The molecule has 0 saturated carbocycles. The quantitative estimate of drug-likeness (QED) is 0.687. The number of nitrogens with zero attached hydrogens (tertiary/aromatic N) is 1. The van der Waals surface area contributed by atoms with Crippen molar-refractivity contribution in [2.45, 2.75) is 37.8 Å². The Morgan fingerprint density at radius 3 is 2.62 bits per heavy atom. The lowest BCUT2D eigenvalue weighted by Crippen LogP contribution is -2.50. The van der Waals surface area contributed by atoms with E-state index in [9.17, 15) is 8.42 Å². The molecule has 0 saturated heterocycles. The minimum atomic E-state index is -3.57. The molecule has 1 rings (SSSR count). The molecule has 1 heterocycles. The SMILES string of the molecule is CCC(C)(CN)NS(=O)(=O)c1cnc(C)[nH]1. The molecule has 1 aromatic rings. The van der Waals surface area contributed by atoms with E-state index in [1.807, 2.05) is 6.92 Å². The summed E-state index contributed by atoms with van der Waals surface area (Å²) in [5, 5.41) is 0.0677. The number of sulfonamides is 1. The lowest BCUT2D eigenvalue weighted by Gasteiger charge is -2.26. The van der Waals surface area contributed by atoms with Crippen molar-refractivity contribution in [3.63, 3.8) is 0 Å². The van der Waals surface area contributed by atoms with Gasteiger partial charge in [0.15, 0.2) is 5.03 Å². The topological polar surface area (TPSA) is 101 Å². The molecular formula is C9H18N4O2S. The number of nitrogens with two attached hydrogens (primary N) is 1. The van der Waals surface area contributed by atoms with Gasteiger partial charge in [0.2, 0.25) is 0 Å². The van der Waals surface area contributed by atoms with Gasteiger partial charge in [0, 0.05) is 12.1 Å². The standard InChI is InChI=1S/C9H18N4O2S/c1-4-9(3,6-10)13-16(14,15)8-5-11-7(2)12-8/h5,13H,4,6,10H2,1-3H3,(H,11,12). The Hall–Kier alpha value is -0.920. The summed E-state index contributed by atoms with van der Waals surface area (Å²) in [5.41, 5.74) is 4.93. The molecule has 0 radical (unpaired) electrons. The first-order valence-corrected chi connectivity index (χ1v) is 6.57. The molecular weight excluding hydrogens is 228 g/mol. The molecule has 4 N–H and O–H groups in total. The first-order chi connectivity index (χ1) is 7.33. The van der Waals surface area contributed by atoms with E-state index < -0.39 is 15.6 Å². The summed E-state index contributed by atoms with van der Waals surface area (Å²) < 4.78 is 26.5. The van der Waals surface area contributed by atoms with Crippen molar-refractivity contribution < 1.29 is 8.42 Å². The number of nitrogens with one attached hydrogen (secondary N) is 2. The number of rotatable bonds is 5. The summed E-state index contributed by atoms with van der Waals surface area (Å²) in [4.78, 5) is 6.54. The predicted octanol–water partition coefficient (Wildman–Crippen LogP) is 0.124. The Labute approximate surface area is 95.7 Å². The molecule has 1 aromatic heterocycles. The van der Waals surface area contributed by atoms with Gasteiger partial charge in [0.1, 0.15) is 5.82 Å². The smallest absolute Gasteiger partial charge is 0.258 e. The van der Waals surface area contributed by atoms with Crippen molar-refractivity contribution in [3.8, 4) is 0 Å². The molecule has 7 heteroatoms. The lowest BCUT2D eigenvalue weighted by molar-refractivity contribution is 0.410. The molecule has 0 aliphatic rings. The molecule has 1 atom stereocenters.